The van der Waals surface area contributed by atoms with Crippen molar-refractivity contribution in [2.24, 2.45) is 10.7 Å². The van der Waals surface area contributed by atoms with E-state index in [-0.39, 0.29) is 5.95 Å². The highest BCUT2D eigenvalue weighted by Crippen LogP contribution is 2.22. The van der Waals surface area contributed by atoms with Crippen LogP contribution >= 0.6 is 0 Å². The maximum atomic E-state index is 6.27. The number of hydrogen-bond donors (Lipinski definition) is 3. The van der Waals surface area contributed by atoms with Gasteiger partial charge in [-0.25, -0.2) is 9.97 Å². The maximum Gasteiger partial charge on any atom is 0.220 e. The minimum atomic E-state index is 0.275. The van der Waals surface area contributed by atoms with Crippen molar-refractivity contribution in [2.45, 2.75) is 26.4 Å². The topological polar surface area (TPSA) is 102 Å². The van der Waals surface area contributed by atoms with Crippen LogP contribution in [0.1, 0.15) is 27.8 Å². The van der Waals surface area contributed by atoms with Crippen molar-refractivity contribution in [1.29, 1.82) is 0 Å². The fourth-order valence-electron chi connectivity index (χ4n) is 3.47. The molecule has 0 atom stereocenters. The number of hydrogen-bond acceptors (Lipinski definition) is 5. The van der Waals surface area contributed by atoms with Crippen molar-refractivity contribution >= 4 is 11.8 Å². The lowest BCUT2D eigenvalue weighted by Crippen LogP contribution is -2.24. The molecule has 5 N–H and O–H groups in total. The van der Waals surface area contributed by atoms with Gasteiger partial charge < -0.3 is 16.8 Å². The second kappa shape index (κ2) is 7.78. The zero-order valence-corrected chi connectivity index (χ0v) is 15.9. The Morgan fingerprint density at radius 2 is 2.04 bits per heavy atom. The monoisotopic (exact) mass is 372 g/mol. The summed E-state index contributed by atoms with van der Waals surface area (Å²) in [6.07, 6.45) is 2.70. The van der Waals surface area contributed by atoms with Crippen molar-refractivity contribution in [1.82, 2.24) is 15.3 Å². The number of aliphatic imine (C=N–C) groups is 1. The molecule has 0 saturated heterocycles. The second-order valence-corrected chi connectivity index (χ2v) is 7.05. The minimum Gasteiger partial charge on any atom is -0.383 e. The normalized spacial score (nSPS) is 14.0. The van der Waals surface area contributed by atoms with Crippen LogP contribution in [0.4, 0.5) is 5.95 Å². The van der Waals surface area contributed by atoms with E-state index >= 15 is 0 Å². The number of nitrogens with zero attached hydrogens (tertiary/aromatic N) is 3. The highest BCUT2D eigenvalue weighted by Gasteiger charge is 2.10. The van der Waals surface area contributed by atoms with E-state index in [2.05, 4.69) is 57.5 Å². The Morgan fingerprint density at radius 3 is 2.86 bits per heavy atom. The lowest BCUT2D eigenvalue weighted by molar-refractivity contribution is 0.643. The van der Waals surface area contributed by atoms with Crippen LogP contribution in [0, 0.1) is 6.92 Å². The van der Waals surface area contributed by atoms with Crippen LogP contribution in [0.25, 0.3) is 11.3 Å². The summed E-state index contributed by atoms with van der Waals surface area (Å²) in [6.45, 7) is 4.55. The van der Waals surface area contributed by atoms with E-state index in [1.165, 1.54) is 11.1 Å². The van der Waals surface area contributed by atoms with Crippen LogP contribution < -0.4 is 16.8 Å². The van der Waals surface area contributed by atoms with Gasteiger partial charge in [-0.05, 0) is 60.3 Å². The molecule has 0 saturated carbocycles. The molecule has 6 nitrogen and oxygen atoms in total. The molecule has 28 heavy (non-hydrogen) atoms. The number of nitrogens with two attached hydrogens (primary N) is 2. The van der Waals surface area contributed by atoms with Gasteiger partial charge in [0.05, 0.1) is 12.2 Å². The Bertz CT molecular complexity index is 1040. The average Bonchev–Trinajstić information content (AvgIpc) is 2.72. The molecule has 6 heteroatoms. The molecule has 0 aliphatic carbocycles. The van der Waals surface area contributed by atoms with Crippen LogP contribution in [0.15, 0.2) is 53.7 Å². The van der Waals surface area contributed by atoms with Gasteiger partial charge in [0.15, 0.2) is 0 Å². The SMILES string of the molecule is Cc1cc(-c2ccnc(N)n2)ccc1CN=C(N)c1ccc2c(c1)CCNC2. The second-order valence-electron chi connectivity index (χ2n) is 7.05. The Hall–Kier alpha value is -3.25. The zero-order valence-electron chi connectivity index (χ0n) is 15.9. The van der Waals surface area contributed by atoms with Crippen LogP contribution in [0.3, 0.4) is 0 Å². The Labute approximate surface area is 164 Å². The molecular weight excluding hydrogens is 348 g/mol. The average molecular weight is 372 g/mol. The lowest BCUT2D eigenvalue weighted by Gasteiger charge is -2.17. The van der Waals surface area contributed by atoms with E-state index in [9.17, 15) is 0 Å². The van der Waals surface area contributed by atoms with Gasteiger partial charge in [-0.1, -0.05) is 24.3 Å². The van der Waals surface area contributed by atoms with Gasteiger partial charge in [-0.15, -0.1) is 0 Å². The third-order valence-electron chi connectivity index (χ3n) is 5.12. The smallest absolute Gasteiger partial charge is 0.220 e. The Kier molecular flexibility index (Phi) is 5.04. The third kappa shape index (κ3) is 3.87. The number of nitrogen functional groups attached to an aromatic ring is 1. The van der Waals surface area contributed by atoms with Gasteiger partial charge in [0.2, 0.25) is 5.95 Å². The number of aromatic nitrogens is 2. The fourth-order valence-corrected chi connectivity index (χ4v) is 3.47. The first-order chi connectivity index (χ1) is 13.6. The number of amidine groups is 1. The molecule has 4 rings (SSSR count). The van der Waals surface area contributed by atoms with E-state index < -0.39 is 0 Å². The highest BCUT2D eigenvalue weighted by molar-refractivity contribution is 5.97. The summed E-state index contributed by atoms with van der Waals surface area (Å²) < 4.78 is 0. The summed E-state index contributed by atoms with van der Waals surface area (Å²) in [7, 11) is 0. The van der Waals surface area contributed by atoms with Crippen LogP contribution in [-0.4, -0.2) is 22.3 Å². The van der Waals surface area contributed by atoms with Crippen molar-refractivity contribution in [3.63, 3.8) is 0 Å². The van der Waals surface area contributed by atoms with Crippen LogP contribution in [0.5, 0.6) is 0 Å². The van der Waals surface area contributed by atoms with Crippen molar-refractivity contribution in [3.8, 4) is 11.3 Å². The maximum absolute atomic E-state index is 6.27. The molecule has 0 fully saturated rings. The van der Waals surface area contributed by atoms with Crippen molar-refractivity contribution < 1.29 is 0 Å². The molecule has 2 heterocycles. The molecule has 0 spiro atoms. The molecule has 0 amide bonds. The first kappa shape index (κ1) is 18.1. The van der Waals surface area contributed by atoms with Crippen LogP contribution in [0.2, 0.25) is 0 Å². The van der Waals surface area contributed by atoms with Gasteiger partial charge in [0.1, 0.15) is 5.84 Å². The van der Waals surface area contributed by atoms with E-state index in [1.54, 1.807) is 6.20 Å². The molecule has 0 unspecified atom stereocenters. The van der Waals surface area contributed by atoms with Crippen molar-refractivity contribution in [3.05, 3.63) is 76.5 Å². The summed E-state index contributed by atoms with van der Waals surface area (Å²) >= 11 is 0. The summed E-state index contributed by atoms with van der Waals surface area (Å²) in [5.74, 6) is 0.853. The number of aryl methyl sites for hydroxylation is 1. The zero-order chi connectivity index (χ0) is 19.5. The van der Waals surface area contributed by atoms with Gasteiger partial charge in [-0.2, -0.15) is 0 Å². The van der Waals surface area contributed by atoms with Gasteiger partial charge in [0.25, 0.3) is 0 Å². The summed E-state index contributed by atoms with van der Waals surface area (Å²) in [4.78, 5) is 12.8. The first-order valence-corrected chi connectivity index (χ1v) is 9.41. The molecule has 0 radical (unpaired) electrons. The third-order valence-corrected chi connectivity index (χ3v) is 5.12. The quantitative estimate of drug-likeness (QED) is 0.483. The summed E-state index contributed by atoms with van der Waals surface area (Å²) in [6, 6.07) is 14.4. The number of rotatable bonds is 4. The molecule has 0 bridgehead atoms. The van der Waals surface area contributed by atoms with E-state index in [4.69, 9.17) is 11.5 Å². The van der Waals surface area contributed by atoms with E-state index in [0.29, 0.717) is 12.4 Å². The molecule has 3 aromatic rings. The van der Waals surface area contributed by atoms with Crippen molar-refractivity contribution in [2.75, 3.05) is 12.3 Å². The molecule has 1 aliphatic rings. The molecule has 1 aromatic heterocycles. The number of benzene rings is 2. The lowest BCUT2D eigenvalue weighted by atomic mass is 9.98. The minimum absolute atomic E-state index is 0.275. The molecule has 2 aromatic carbocycles. The van der Waals surface area contributed by atoms with Gasteiger partial charge >= 0.3 is 0 Å². The Balaban J connectivity index is 1.52. The highest BCUT2D eigenvalue weighted by atomic mass is 15.0. The summed E-state index contributed by atoms with van der Waals surface area (Å²) in [5.41, 5.74) is 19.8. The number of nitrogens with one attached hydrogen (secondary N) is 1. The largest absolute Gasteiger partial charge is 0.383 e. The van der Waals surface area contributed by atoms with Gasteiger partial charge in [-0.3, -0.25) is 4.99 Å². The summed E-state index contributed by atoms with van der Waals surface area (Å²) in [5, 5.41) is 3.39. The molecule has 1 aliphatic heterocycles. The predicted octanol–water partition coefficient (Wildman–Crippen LogP) is 2.59. The predicted molar refractivity (Wildman–Crippen MR) is 113 cm³/mol. The standard InChI is InChI=1S/C22H24N6/c1-14-10-16(20-7-9-26-22(24)28-20)2-4-18(14)13-27-21(23)17-3-5-19-12-25-8-6-15(19)11-17/h2-5,7,9-11,25H,6,8,12-13H2,1H3,(H2,23,27)(H2,24,26,28). The van der Waals surface area contributed by atoms with E-state index in [1.807, 2.05) is 12.1 Å². The van der Waals surface area contributed by atoms with Crippen LogP contribution in [-0.2, 0) is 19.5 Å². The van der Waals surface area contributed by atoms with E-state index in [0.717, 1.165) is 47.5 Å². The Morgan fingerprint density at radius 1 is 1.14 bits per heavy atom. The fraction of sp³-hybridized carbons (Fsp3) is 0.227. The first-order valence-electron chi connectivity index (χ1n) is 9.41. The number of fused-ring (bicyclic) bond motifs is 1. The molecule has 142 valence electrons. The number of anilines is 1. The van der Waals surface area contributed by atoms with Gasteiger partial charge in [0, 0.05) is 23.9 Å². The molecular formula is C22H24N6.